The molecule has 1 heterocycles. The summed E-state index contributed by atoms with van der Waals surface area (Å²) in [5, 5.41) is 0. The van der Waals surface area contributed by atoms with E-state index in [0.717, 1.165) is 12.7 Å². The monoisotopic (exact) mass is 153 g/mol. The molecule has 0 aliphatic rings. The minimum Gasteiger partial charge on any atom is -0.303 e. The lowest BCUT2D eigenvalue weighted by Crippen LogP contribution is -2.31. The number of imidazole rings is 1. The zero-order valence-electron chi connectivity index (χ0n) is 6.95. The first-order valence-electron chi connectivity index (χ1n) is 3.69. The van der Waals surface area contributed by atoms with Crippen LogP contribution in [0.2, 0.25) is 0 Å². The maximum atomic E-state index is 10.1. The molecular formula is C8H13N2O+. The Hall–Kier alpha value is -1.12. The Morgan fingerprint density at radius 3 is 2.91 bits per heavy atom. The van der Waals surface area contributed by atoms with Crippen molar-refractivity contribution in [3.8, 4) is 0 Å². The van der Waals surface area contributed by atoms with Crippen LogP contribution in [0.5, 0.6) is 0 Å². The summed E-state index contributed by atoms with van der Waals surface area (Å²) in [6, 6.07) is 0. The quantitative estimate of drug-likeness (QED) is 0.442. The highest BCUT2D eigenvalue weighted by atomic mass is 16.1. The van der Waals surface area contributed by atoms with Crippen LogP contribution in [0, 0.1) is 0 Å². The highest BCUT2D eigenvalue weighted by molar-refractivity contribution is 5.49. The van der Waals surface area contributed by atoms with Crippen molar-refractivity contribution in [1.82, 2.24) is 4.57 Å². The van der Waals surface area contributed by atoms with Crippen LogP contribution in [-0.2, 0) is 25.3 Å². The average Bonchev–Trinajstić information content (AvgIpc) is 2.29. The SMILES string of the molecule is Cn1cc[n+](C)c1CCC=O. The van der Waals surface area contributed by atoms with Gasteiger partial charge in [-0.1, -0.05) is 0 Å². The minimum absolute atomic E-state index is 0.603. The summed E-state index contributed by atoms with van der Waals surface area (Å²) < 4.78 is 4.06. The largest absolute Gasteiger partial charge is 0.303 e. The highest BCUT2D eigenvalue weighted by Crippen LogP contribution is 1.94. The van der Waals surface area contributed by atoms with E-state index in [1.165, 1.54) is 5.82 Å². The first-order chi connectivity index (χ1) is 5.25. The van der Waals surface area contributed by atoms with Gasteiger partial charge in [-0.15, -0.1) is 0 Å². The van der Waals surface area contributed by atoms with Crippen LogP contribution >= 0.6 is 0 Å². The van der Waals surface area contributed by atoms with Crippen molar-refractivity contribution in [1.29, 1.82) is 0 Å². The number of carbonyl (C=O) groups excluding carboxylic acids is 1. The van der Waals surface area contributed by atoms with Gasteiger partial charge < -0.3 is 4.79 Å². The molecule has 0 aromatic carbocycles. The third-order valence-corrected chi connectivity index (χ3v) is 1.81. The van der Waals surface area contributed by atoms with Gasteiger partial charge in [0, 0.05) is 6.42 Å². The van der Waals surface area contributed by atoms with Gasteiger partial charge in [-0.25, -0.2) is 9.13 Å². The van der Waals surface area contributed by atoms with Crippen LogP contribution in [0.1, 0.15) is 12.2 Å². The zero-order valence-corrected chi connectivity index (χ0v) is 6.95. The molecule has 0 saturated heterocycles. The highest BCUT2D eigenvalue weighted by Gasteiger charge is 2.09. The second kappa shape index (κ2) is 3.32. The Kier molecular flexibility index (Phi) is 2.41. The molecule has 1 rings (SSSR count). The standard InChI is InChI=1S/C8H13N2O/c1-9-5-6-10(2)8(9)4-3-7-11/h5-7H,3-4H2,1-2H3/q+1. The number of aryl methyl sites for hydroxylation is 2. The number of rotatable bonds is 3. The minimum atomic E-state index is 0.603. The van der Waals surface area contributed by atoms with Crippen LogP contribution in [-0.4, -0.2) is 10.9 Å². The predicted octanol–water partition coefficient (Wildman–Crippen LogP) is -0.0189. The Morgan fingerprint density at radius 1 is 1.73 bits per heavy atom. The van der Waals surface area contributed by atoms with E-state index in [1.54, 1.807) is 0 Å². The Morgan fingerprint density at radius 2 is 2.45 bits per heavy atom. The van der Waals surface area contributed by atoms with Crippen LogP contribution in [0.3, 0.4) is 0 Å². The number of hydrogen-bond acceptors (Lipinski definition) is 1. The number of nitrogens with zero attached hydrogens (tertiary/aromatic N) is 2. The number of carbonyl (C=O) groups is 1. The van der Waals surface area contributed by atoms with Gasteiger partial charge in [-0.05, 0) is 0 Å². The van der Waals surface area contributed by atoms with Gasteiger partial charge in [0.1, 0.15) is 18.7 Å². The average molecular weight is 153 g/mol. The van der Waals surface area contributed by atoms with E-state index in [-0.39, 0.29) is 0 Å². The summed E-state index contributed by atoms with van der Waals surface area (Å²) in [5.41, 5.74) is 0. The fourth-order valence-electron chi connectivity index (χ4n) is 1.16. The molecule has 0 bridgehead atoms. The molecule has 3 nitrogen and oxygen atoms in total. The van der Waals surface area contributed by atoms with Crippen molar-refractivity contribution in [3.63, 3.8) is 0 Å². The fourth-order valence-corrected chi connectivity index (χ4v) is 1.16. The summed E-state index contributed by atoms with van der Waals surface area (Å²) in [5.74, 6) is 1.18. The van der Waals surface area contributed by atoms with Crippen LogP contribution < -0.4 is 4.57 Å². The summed E-state index contributed by atoms with van der Waals surface area (Å²) in [4.78, 5) is 10.1. The second-order valence-corrected chi connectivity index (χ2v) is 2.64. The molecule has 0 atom stereocenters. The van der Waals surface area contributed by atoms with E-state index in [9.17, 15) is 4.79 Å². The first-order valence-corrected chi connectivity index (χ1v) is 3.69. The van der Waals surface area contributed by atoms with E-state index in [4.69, 9.17) is 0 Å². The third kappa shape index (κ3) is 1.67. The van der Waals surface area contributed by atoms with Crippen molar-refractivity contribution < 1.29 is 9.36 Å². The van der Waals surface area contributed by atoms with E-state index in [0.29, 0.717) is 6.42 Å². The smallest absolute Gasteiger partial charge is 0.256 e. The molecule has 0 spiro atoms. The van der Waals surface area contributed by atoms with Gasteiger partial charge in [-0.3, -0.25) is 0 Å². The van der Waals surface area contributed by atoms with Crippen molar-refractivity contribution in [3.05, 3.63) is 18.2 Å². The summed E-state index contributed by atoms with van der Waals surface area (Å²) >= 11 is 0. The summed E-state index contributed by atoms with van der Waals surface area (Å²) in [6.07, 6.45) is 6.35. The van der Waals surface area contributed by atoms with Crippen molar-refractivity contribution in [2.24, 2.45) is 14.1 Å². The van der Waals surface area contributed by atoms with E-state index < -0.39 is 0 Å². The van der Waals surface area contributed by atoms with E-state index in [1.807, 2.05) is 35.6 Å². The maximum absolute atomic E-state index is 10.1. The molecule has 0 amide bonds. The lowest BCUT2D eigenvalue weighted by atomic mass is 10.3. The van der Waals surface area contributed by atoms with Crippen molar-refractivity contribution in [2.75, 3.05) is 0 Å². The third-order valence-electron chi connectivity index (χ3n) is 1.81. The molecule has 0 unspecified atom stereocenters. The number of hydrogen-bond donors (Lipinski definition) is 0. The van der Waals surface area contributed by atoms with Gasteiger partial charge >= 0.3 is 0 Å². The predicted molar refractivity (Wildman–Crippen MR) is 41.0 cm³/mol. The van der Waals surface area contributed by atoms with Crippen molar-refractivity contribution >= 4 is 6.29 Å². The van der Waals surface area contributed by atoms with E-state index >= 15 is 0 Å². The lowest BCUT2D eigenvalue weighted by Gasteiger charge is -1.93. The summed E-state index contributed by atoms with van der Waals surface area (Å²) in [6.45, 7) is 0. The normalized spacial score (nSPS) is 10.0. The maximum Gasteiger partial charge on any atom is 0.256 e. The molecule has 0 fully saturated rings. The molecule has 1 aromatic heterocycles. The molecule has 1 aromatic rings. The molecule has 3 heteroatoms. The lowest BCUT2D eigenvalue weighted by molar-refractivity contribution is -0.678. The molecule has 0 N–H and O–H groups in total. The number of aromatic nitrogens is 2. The molecule has 11 heavy (non-hydrogen) atoms. The second-order valence-electron chi connectivity index (χ2n) is 2.64. The van der Waals surface area contributed by atoms with Crippen LogP contribution in [0.15, 0.2) is 12.4 Å². The fraction of sp³-hybridized carbons (Fsp3) is 0.500. The molecule has 0 radical (unpaired) electrons. The zero-order chi connectivity index (χ0) is 8.27. The summed E-state index contributed by atoms with van der Waals surface area (Å²) in [7, 11) is 3.97. The number of aldehydes is 1. The van der Waals surface area contributed by atoms with Gasteiger partial charge in [0.05, 0.1) is 20.5 Å². The van der Waals surface area contributed by atoms with Crippen LogP contribution in [0.25, 0.3) is 0 Å². The Balaban J connectivity index is 2.74. The van der Waals surface area contributed by atoms with Gasteiger partial charge in [0.15, 0.2) is 0 Å². The van der Waals surface area contributed by atoms with Gasteiger partial charge in [0.25, 0.3) is 5.82 Å². The molecule has 60 valence electrons. The Bertz CT molecular complexity index is 233. The molecule has 0 saturated carbocycles. The Labute approximate surface area is 66.3 Å². The van der Waals surface area contributed by atoms with Gasteiger partial charge in [0.2, 0.25) is 0 Å². The first kappa shape index (κ1) is 7.98. The van der Waals surface area contributed by atoms with Crippen molar-refractivity contribution in [2.45, 2.75) is 12.8 Å². The molecule has 0 aliphatic carbocycles. The topological polar surface area (TPSA) is 25.9 Å². The van der Waals surface area contributed by atoms with E-state index in [2.05, 4.69) is 0 Å². The van der Waals surface area contributed by atoms with Crippen LogP contribution in [0.4, 0.5) is 0 Å². The molecule has 0 aliphatic heterocycles. The molecular weight excluding hydrogens is 140 g/mol. The van der Waals surface area contributed by atoms with Gasteiger partial charge in [-0.2, -0.15) is 0 Å².